The zero-order chi connectivity index (χ0) is 16.3. The third-order valence-corrected chi connectivity index (χ3v) is 3.51. The number of carbonyl (C=O) groups excluding carboxylic acids is 1. The molecule has 6 heteroatoms. The van der Waals surface area contributed by atoms with Crippen LogP contribution < -0.4 is 5.32 Å². The average molecular weight is 323 g/mol. The van der Waals surface area contributed by atoms with E-state index in [1.165, 1.54) is 24.3 Å². The van der Waals surface area contributed by atoms with Crippen molar-refractivity contribution in [2.45, 2.75) is 20.0 Å². The Morgan fingerprint density at radius 1 is 1.36 bits per heavy atom. The SMILES string of the molecule is Cc1cc(C)c(C(=O)NCC(O)c2ccc(F)cc2)c(Cl)n1. The maximum absolute atomic E-state index is 12.8. The van der Waals surface area contributed by atoms with Gasteiger partial charge in [-0.15, -0.1) is 0 Å². The number of hydrogen-bond donors (Lipinski definition) is 2. The number of amides is 1. The van der Waals surface area contributed by atoms with E-state index in [4.69, 9.17) is 11.6 Å². The first-order valence-corrected chi connectivity index (χ1v) is 7.11. The number of hydrogen-bond acceptors (Lipinski definition) is 3. The monoisotopic (exact) mass is 322 g/mol. The largest absolute Gasteiger partial charge is 0.387 e. The first-order chi connectivity index (χ1) is 10.4. The van der Waals surface area contributed by atoms with Gasteiger partial charge < -0.3 is 10.4 Å². The van der Waals surface area contributed by atoms with Crippen LogP contribution in [-0.2, 0) is 0 Å². The van der Waals surface area contributed by atoms with Crippen molar-refractivity contribution in [1.29, 1.82) is 0 Å². The molecule has 1 amide bonds. The quantitative estimate of drug-likeness (QED) is 0.851. The number of aliphatic hydroxyl groups is 1. The average Bonchev–Trinajstić information content (AvgIpc) is 2.44. The van der Waals surface area contributed by atoms with Crippen LogP contribution in [0, 0.1) is 19.7 Å². The third kappa shape index (κ3) is 3.81. The van der Waals surface area contributed by atoms with E-state index >= 15 is 0 Å². The number of rotatable bonds is 4. The van der Waals surface area contributed by atoms with Crippen LogP contribution in [0.5, 0.6) is 0 Å². The molecule has 0 bridgehead atoms. The van der Waals surface area contributed by atoms with E-state index in [1.54, 1.807) is 19.9 Å². The van der Waals surface area contributed by atoms with E-state index in [-0.39, 0.29) is 17.5 Å². The van der Waals surface area contributed by atoms with E-state index in [0.717, 1.165) is 5.69 Å². The highest BCUT2D eigenvalue weighted by Gasteiger charge is 2.17. The lowest BCUT2D eigenvalue weighted by atomic mass is 10.1. The van der Waals surface area contributed by atoms with Gasteiger partial charge in [0.2, 0.25) is 0 Å². The van der Waals surface area contributed by atoms with E-state index in [1.807, 2.05) is 0 Å². The molecule has 1 aromatic carbocycles. The van der Waals surface area contributed by atoms with E-state index in [0.29, 0.717) is 16.7 Å². The summed E-state index contributed by atoms with van der Waals surface area (Å²) in [6, 6.07) is 7.21. The molecule has 0 aliphatic rings. The summed E-state index contributed by atoms with van der Waals surface area (Å²) < 4.78 is 12.8. The Morgan fingerprint density at radius 2 is 2.00 bits per heavy atom. The molecule has 2 rings (SSSR count). The van der Waals surface area contributed by atoms with Gasteiger partial charge >= 0.3 is 0 Å². The summed E-state index contributed by atoms with van der Waals surface area (Å²) in [5.41, 5.74) is 2.25. The fraction of sp³-hybridized carbons (Fsp3) is 0.250. The summed E-state index contributed by atoms with van der Waals surface area (Å²) in [6.45, 7) is 3.55. The third-order valence-electron chi connectivity index (χ3n) is 3.24. The maximum Gasteiger partial charge on any atom is 0.254 e. The predicted octanol–water partition coefficient (Wildman–Crippen LogP) is 2.95. The minimum Gasteiger partial charge on any atom is -0.387 e. The lowest BCUT2D eigenvalue weighted by molar-refractivity contribution is 0.0915. The number of carbonyl (C=O) groups is 1. The molecule has 0 saturated heterocycles. The highest BCUT2D eigenvalue weighted by Crippen LogP contribution is 2.19. The molecule has 1 heterocycles. The molecular formula is C16H16ClFN2O2. The van der Waals surface area contributed by atoms with Gasteiger partial charge in [0, 0.05) is 12.2 Å². The molecule has 1 aromatic heterocycles. The number of aromatic nitrogens is 1. The summed E-state index contributed by atoms with van der Waals surface area (Å²) in [7, 11) is 0. The summed E-state index contributed by atoms with van der Waals surface area (Å²) in [5, 5.41) is 12.7. The molecule has 1 unspecified atom stereocenters. The normalized spacial score (nSPS) is 12.0. The Kier molecular flexibility index (Phi) is 5.11. The summed E-state index contributed by atoms with van der Waals surface area (Å²) >= 11 is 6.00. The summed E-state index contributed by atoms with van der Waals surface area (Å²) in [5.74, 6) is -0.788. The van der Waals surface area contributed by atoms with Crippen molar-refractivity contribution in [2.24, 2.45) is 0 Å². The molecule has 2 aromatic rings. The number of nitrogens with one attached hydrogen (secondary N) is 1. The number of aliphatic hydroxyl groups excluding tert-OH is 1. The van der Waals surface area contributed by atoms with Crippen molar-refractivity contribution in [2.75, 3.05) is 6.54 Å². The lowest BCUT2D eigenvalue weighted by Gasteiger charge is -2.14. The van der Waals surface area contributed by atoms with E-state index in [2.05, 4.69) is 10.3 Å². The van der Waals surface area contributed by atoms with Crippen LogP contribution in [0.2, 0.25) is 5.15 Å². The Morgan fingerprint density at radius 3 is 2.59 bits per heavy atom. The zero-order valence-corrected chi connectivity index (χ0v) is 13.0. The smallest absolute Gasteiger partial charge is 0.254 e. The van der Waals surface area contributed by atoms with Crippen LogP contribution in [0.4, 0.5) is 4.39 Å². The Balaban J connectivity index is 2.05. The zero-order valence-electron chi connectivity index (χ0n) is 12.2. The maximum atomic E-state index is 12.8. The number of halogens is 2. The minimum absolute atomic E-state index is 0.00584. The second kappa shape index (κ2) is 6.85. The minimum atomic E-state index is -0.929. The van der Waals surface area contributed by atoms with Crippen LogP contribution in [0.3, 0.4) is 0 Å². The van der Waals surface area contributed by atoms with Crippen molar-refractivity contribution in [3.05, 3.63) is 63.7 Å². The Bertz CT molecular complexity index is 666. The van der Waals surface area contributed by atoms with Gasteiger partial charge in [0.1, 0.15) is 11.0 Å². The van der Waals surface area contributed by atoms with Crippen molar-refractivity contribution < 1.29 is 14.3 Å². The highest BCUT2D eigenvalue weighted by molar-refractivity contribution is 6.32. The second-order valence-electron chi connectivity index (χ2n) is 5.02. The number of benzene rings is 1. The van der Waals surface area contributed by atoms with Gasteiger partial charge in [-0.2, -0.15) is 0 Å². The Labute approximate surface area is 133 Å². The van der Waals surface area contributed by atoms with Gasteiger partial charge in [-0.25, -0.2) is 9.37 Å². The molecule has 0 aliphatic heterocycles. The fourth-order valence-corrected chi connectivity index (χ4v) is 2.51. The molecule has 2 N–H and O–H groups in total. The van der Waals surface area contributed by atoms with Gasteiger partial charge in [-0.3, -0.25) is 4.79 Å². The van der Waals surface area contributed by atoms with E-state index in [9.17, 15) is 14.3 Å². The first kappa shape index (κ1) is 16.4. The van der Waals surface area contributed by atoms with Crippen LogP contribution in [0.25, 0.3) is 0 Å². The Hall–Kier alpha value is -1.98. The standard InChI is InChI=1S/C16H16ClFN2O2/c1-9-7-10(2)20-15(17)14(9)16(22)19-8-13(21)11-3-5-12(18)6-4-11/h3-7,13,21H,8H2,1-2H3,(H,19,22). The van der Waals surface area contributed by atoms with Crippen molar-refractivity contribution in [3.8, 4) is 0 Å². The lowest BCUT2D eigenvalue weighted by Crippen LogP contribution is -2.29. The molecule has 4 nitrogen and oxygen atoms in total. The summed E-state index contributed by atoms with van der Waals surface area (Å²) in [4.78, 5) is 16.2. The molecule has 0 radical (unpaired) electrons. The van der Waals surface area contributed by atoms with Gasteiger partial charge in [0.05, 0.1) is 11.7 Å². The number of aryl methyl sites for hydroxylation is 2. The van der Waals surface area contributed by atoms with Gasteiger partial charge in [0.15, 0.2) is 0 Å². The van der Waals surface area contributed by atoms with Crippen molar-refractivity contribution >= 4 is 17.5 Å². The van der Waals surface area contributed by atoms with Crippen LogP contribution in [0.15, 0.2) is 30.3 Å². The first-order valence-electron chi connectivity index (χ1n) is 6.74. The molecule has 0 fully saturated rings. The molecule has 22 heavy (non-hydrogen) atoms. The van der Waals surface area contributed by atoms with Crippen LogP contribution in [-0.4, -0.2) is 22.5 Å². The second-order valence-corrected chi connectivity index (χ2v) is 5.38. The van der Waals surface area contributed by atoms with Crippen molar-refractivity contribution in [3.63, 3.8) is 0 Å². The molecule has 1 atom stereocenters. The fourth-order valence-electron chi connectivity index (χ4n) is 2.14. The van der Waals surface area contributed by atoms with Gasteiger partial charge in [-0.1, -0.05) is 23.7 Å². The predicted molar refractivity (Wildman–Crippen MR) is 82.4 cm³/mol. The molecule has 0 spiro atoms. The van der Waals surface area contributed by atoms with Crippen LogP contribution in [0.1, 0.15) is 33.3 Å². The van der Waals surface area contributed by atoms with E-state index < -0.39 is 12.0 Å². The summed E-state index contributed by atoms with van der Waals surface area (Å²) in [6.07, 6.45) is -0.929. The highest BCUT2D eigenvalue weighted by atomic mass is 35.5. The van der Waals surface area contributed by atoms with Gasteiger partial charge in [-0.05, 0) is 43.2 Å². The number of nitrogens with zero attached hydrogens (tertiary/aromatic N) is 1. The molecular weight excluding hydrogens is 307 g/mol. The molecule has 0 aliphatic carbocycles. The topological polar surface area (TPSA) is 62.2 Å². The molecule has 116 valence electrons. The molecule has 0 saturated carbocycles. The number of pyridine rings is 1. The van der Waals surface area contributed by atoms with Crippen molar-refractivity contribution in [1.82, 2.24) is 10.3 Å². The van der Waals surface area contributed by atoms with Gasteiger partial charge in [0.25, 0.3) is 5.91 Å². The van der Waals surface area contributed by atoms with Crippen LogP contribution >= 0.6 is 11.6 Å².